The first kappa shape index (κ1) is 10.5. The molecule has 13 heavy (non-hydrogen) atoms. The minimum atomic E-state index is -0.0178. The highest BCUT2D eigenvalue weighted by molar-refractivity contribution is 5.35. The molecule has 0 spiro atoms. The number of hydrogen-bond acceptors (Lipinski definition) is 2. The van der Waals surface area contributed by atoms with Gasteiger partial charge in [0.2, 0.25) is 6.08 Å². The second-order valence-corrected chi connectivity index (χ2v) is 4.09. The molecule has 2 nitrogen and oxygen atoms in total. The van der Waals surface area contributed by atoms with Crippen molar-refractivity contribution in [1.82, 2.24) is 0 Å². The number of unbranched alkanes of at least 4 members (excludes halogenated alkanes) is 1. The zero-order valence-corrected chi connectivity index (χ0v) is 8.51. The Morgan fingerprint density at radius 2 is 2.00 bits per heavy atom. The first-order valence-corrected chi connectivity index (χ1v) is 5.42. The summed E-state index contributed by atoms with van der Waals surface area (Å²) in [5.41, 5.74) is -0.0178. The Kier molecular flexibility index (Phi) is 4.17. The molecule has 1 fully saturated rings. The van der Waals surface area contributed by atoms with E-state index in [1.807, 2.05) is 0 Å². The van der Waals surface area contributed by atoms with Crippen molar-refractivity contribution in [2.45, 2.75) is 63.8 Å². The van der Waals surface area contributed by atoms with Crippen molar-refractivity contribution in [3.05, 3.63) is 0 Å². The lowest BCUT2D eigenvalue weighted by atomic mass is 9.79. The summed E-state index contributed by atoms with van der Waals surface area (Å²) in [6.45, 7) is 2.18. The van der Waals surface area contributed by atoms with Crippen molar-refractivity contribution in [2.75, 3.05) is 0 Å². The van der Waals surface area contributed by atoms with Crippen LogP contribution in [0.2, 0.25) is 0 Å². The van der Waals surface area contributed by atoms with Crippen LogP contribution in [0.25, 0.3) is 0 Å². The van der Waals surface area contributed by atoms with Crippen LogP contribution in [0.1, 0.15) is 58.3 Å². The summed E-state index contributed by atoms with van der Waals surface area (Å²) in [6.07, 6.45) is 11.2. The fourth-order valence-electron chi connectivity index (χ4n) is 2.23. The number of nitrogens with zero attached hydrogens (tertiary/aromatic N) is 1. The molecule has 0 saturated heterocycles. The van der Waals surface area contributed by atoms with Gasteiger partial charge in [0.15, 0.2) is 0 Å². The molecule has 0 unspecified atom stereocenters. The normalized spacial score (nSPS) is 20.7. The molecule has 0 atom stereocenters. The molecule has 1 rings (SSSR count). The van der Waals surface area contributed by atoms with Crippen molar-refractivity contribution in [2.24, 2.45) is 4.99 Å². The summed E-state index contributed by atoms with van der Waals surface area (Å²) in [6, 6.07) is 0. The van der Waals surface area contributed by atoms with Gasteiger partial charge in [-0.25, -0.2) is 4.79 Å². The second kappa shape index (κ2) is 5.18. The van der Waals surface area contributed by atoms with Gasteiger partial charge in [-0.1, -0.05) is 39.0 Å². The largest absolute Gasteiger partial charge is 0.235 e. The van der Waals surface area contributed by atoms with E-state index in [0.29, 0.717) is 0 Å². The van der Waals surface area contributed by atoms with Crippen LogP contribution in [-0.4, -0.2) is 11.6 Å². The molecule has 1 aliphatic carbocycles. The van der Waals surface area contributed by atoms with Gasteiger partial charge in [0.1, 0.15) is 0 Å². The Labute approximate surface area is 80.4 Å². The standard InChI is InChI=1S/C11H19NO/c1-2-3-7-11(12-10-13)8-5-4-6-9-11/h2-9H2,1H3. The van der Waals surface area contributed by atoms with E-state index in [-0.39, 0.29) is 5.54 Å². The summed E-state index contributed by atoms with van der Waals surface area (Å²) in [5.74, 6) is 0. The summed E-state index contributed by atoms with van der Waals surface area (Å²) in [5, 5.41) is 0. The predicted octanol–water partition coefficient (Wildman–Crippen LogP) is 3.22. The van der Waals surface area contributed by atoms with Crippen molar-refractivity contribution >= 4 is 6.08 Å². The molecule has 0 aromatic carbocycles. The first-order chi connectivity index (χ1) is 6.33. The van der Waals surface area contributed by atoms with E-state index in [1.165, 1.54) is 32.1 Å². The lowest BCUT2D eigenvalue weighted by Crippen LogP contribution is -2.29. The number of rotatable bonds is 4. The van der Waals surface area contributed by atoms with Gasteiger partial charge in [-0.2, -0.15) is 4.99 Å². The summed E-state index contributed by atoms with van der Waals surface area (Å²) in [4.78, 5) is 14.4. The zero-order chi connectivity index (χ0) is 9.57. The van der Waals surface area contributed by atoms with Crippen LogP contribution in [0.5, 0.6) is 0 Å². The van der Waals surface area contributed by atoms with Crippen molar-refractivity contribution < 1.29 is 4.79 Å². The summed E-state index contributed by atoms with van der Waals surface area (Å²) in [7, 11) is 0. The van der Waals surface area contributed by atoms with Gasteiger partial charge in [0.25, 0.3) is 0 Å². The lowest BCUT2D eigenvalue weighted by molar-refractivity contribution is 0.273. The van der Waals surface area contributed by atoms with E-state index in [9.17, 15) is 4.79 Å². The second-order valence-electron chi connectivity index (χ2n) is 4.09. The maximum Gasteiger partial charge on any atom is 0.235 e. The van der Waals surface area contributed by atoms with Crippen molar-refractivity contribution in [1.29, 1.82) is 0 Å². The third kappa shape index (κ3) is 2.96. The fraction of sp³-hybridized carbons (Fsp3) is 0.909. The molecule has 0 heterocycles. The van der Waals surface area contributed by atoms with Gasteiger partial charge in [-0.05, 0) is 19.3 Å². The lowest BCUT2D eigenvalue weighted by Gasteiger charge is -2.31. The Morgan fingerprint density at radius 1 is 1.31 bits per heavy atom. The molecular formula is C11H19NO. The molecular weight excluding hydrogens is 162 g/mol. The number of carbonyl (C=O) groups excluding carboxylic acids is 1. The number of isocyanates is 1. The highest BCUT2D eigenvalue weighted by atomic mass is 16.1. The number of hydrogen-bond donors (Lipinski definition) is 0. The maximum absolute atomic E-state index is 10.3. The molecule has 1 aliphatic rings. The van der Waals surface area contributed by atoms with E-state index in [4.69, 9.17) is 0 Å². The average molecular weight is 181 g/mol. The van der Waals surface area contributed by atoms with Gasteiger partial charge in [-0.15, -0.1) is 0 Å². The van der Waals surface area contributed by atoms with Crippen LogP contribution in [0, 0.1) is 0 Å². The highest BCUT2D eigenvalue weighted by Crippen LogP contribution is 2.35. The smallest absolute Gasteiger partial charge is 0.211 e. The third-order valence-electron chi connectivity index (χ3n) is 3.06. The van der Waals surface area contributed by atoms with E-state index in [1.54, 1.807) is 6.08 Å². The molecule has 0 aromatic rings. The van der Waals surface area contributed by atoms with Crippen LogP contribution in [0.15, 0.2) is 4.99 Å². The average Bonchev–Trinajstić information content (AvgIpc) is 2.17. The molecule has 0 aliphatic heterocycles. The van der Waals surface area contributed by atoms with E-state index < -0.39 is 0 Å². The molecule has 0 bridgehead atoms. The molecule has 0 N–H and O–H groups in total. The minimum absolute atomic E-state index is 0.0178. The quantitative estimate of drug-likeness (QED) is 0.483. The Hall–Kier alpha value is -0.620. The third-order valence-corrected chi connectivity index (χ3v) is 3.06. The first-order valence-electron chi connectivity index (χ1n) is 5.42. The zero-order valence-electron chi connectivity index (χ0n) is 8.51. The molecule has 2 heteroatoms. The van der Waals surface area contributed by atoms with Crippen LogP contribution >= 0.6 is 0 Å². The van der Waals surface area contributed by atoms with Crippen molar-refractivity contribution in [3.63, 3.8) is 0 Å². The van der Waals surface area contributed by atoms with Gasteiger partial charge in [-0.3, -0.25) is 0 Å². The monoisotopic (exact) mass is 181 g/mol. The van der Waals surface area contributed by atoms with E-state index in [2.05, 4.69) is 11.9 Å². The molecule has 0 amide bonds. The van der Waals surface area contributed by atoms with Crippen LogP contribution in [-0.2, 0) is 4.79 Å². The van der Waals surface area contributed by atoms with Gasteiger partial charge < -0.3 is 0 Å². The van der Waals surface area contributed by atoms with Crippen LogP contribution < -0.4 is 0 Å². The Bertz CT molecular complexity index is 188. The molecule has 74 valence electrons. The Morgan fingerprint density at radius 3 is 2.54 bits per heavy atom. The molecule has 1 saturated carbocycles. The predicted molar refractivity (Wildman–Crippen MR) is 53.5 cm³/mol. The van der Waals surface area contributed by atoms with Gasteiger partial charge in [0, 0.05) is 0 Å². The summed E-state index contributed by atoms with van der Waals surface area (Å²) >= 11 is 0. The minimum Gasteiger partial charge on any atom is -0.211 e. The van der Waals surface area contributed by atoms with E-state index >= 15 is 0 Å². The van der Waals surface area contributed by atoms with E-state index in [0.717, 1.165) is 19.3 Å². The van der Waals surface area contributed by atoms with Crippen molar-refractivity contribution in [3.8, 4) is 0 Å². The molecule has 0 radical (unpaired) electrons. The highest BCUT2D eigenvalue weighted by Gasteiger charge is 2.30. The molecule has 0 aromatic heterocycles. The fourth-order valence-corrected chi connectivity index (χ4v) is 2.23. The van der Waals surface area contributed by atoms with Crippen LogP contribution in [0.4, 0.5) is 0 Å². The maximum atomic E-state index is 10.3. The SMILES string of the molecule is CCCCC1(N=C=O)CCCCC1. The Balaban J connectivity index is 2.55. The summed E-state index contributed by atoms with van der Waals surface area (Å²) < 4.78 is 0. The van der Waals surface area contributed by atoms with Gasteiger partial charge in [0.05, 0.1) is 5.54 Å². The topological polar surface area (TPSA) is 29.4 Å². The van der Waals surface area contributed by atoms with Crippen LogP contribution in [0.3, 0.4) is 0 Å². The van der Waals surface area contributed by atoms with Gasteiger partial charge >= 0.3 is 0 Å². The number of aliphatic imine (C=N–C) groups is 1.